The van der Waals surface area contributed by atoms with Crippen LogP contribution in [0.5, 0.6) is 0 Å². The van der Waals surface area contributed by atoms with Crippen LogP contribution in [-0.4, -0.2) is 5.11 Å². The van der Waals surface area contributed by atoms with Crippen LogP contribution in [0.25, 0.3) is 0 Å². The van der Waals surface area contributed by atoms with E-state index in [1.807, 2.05) is 32.0 Å². The number of aryl methyl sites for hydroxylation is 2. The Morgan fingerprint density at radius 3 is 2.18 bits per heavy atom. The van der Waals surface area contributed by atoms with E-state index in [1.54, 1.807) is 0 Å². The molecule has 0 radical (unpaired) electrons. The van der Waals surface area contributed by atoms with Crippen molar-refractivity contribution in [3.63, 3.8) is 0 Å². The summed E-state index contributed by atoms with van der Waals surface area (Å²) >= 11 is 0. The Bertz CT molecular complexity index is 421. The third kappa shape index (κ3) is 4.24. The van der Waals surface area contributed by atoms with Crippen molar-refractivity contribution >= 4 is 0 Å². The largest absolute Gasteiger partial charge is 0.387 e. The molecule has 0 aliphatic rings. The summed E-state index contributed by atoms with van der Waals surface area (Å²) in [7, 11) is 0. The van der Waals surface area contributed by atoms with E-state index >= 15 is 0 Å². The zero-order valence-corrected chi connectivity index (χ0v) is 11.5. The van der Waals surface area contributed by atoms with E-state index in [1.165, 1.54) is 0 Å². The van der Waals surface area contributed by atoms with Gasteiger partial charge in [0.25, 0.3) is 0 Å². The molecule has 0 heterocycles. The minimum atomic E-state index is -0.481. The summed E-state index contributed by atoms with van der Waals surface area (Å²) in [6, 6.07) is 6.08. The smallest absolute Gasteiger partial charge is 0.0904 e. The first kappa shape index (κ1) is 13.8. The molecule has 92 valence electrons. The Morgan fingerprint density at radius 1 is 1.18 bits per heavy atom. The molecule has 1 aromatic rings. The highest BCUT2D eigenvalue weighted by Gasteiger charge is 2.12. The van der Waals surface area contributed by atoms with E-state index in [0.717, 1.165) is 16.7 Å². The quantitative estimate of drug-likeness (QED) is 0.767. The van der Waals surface area contributed by atoms with Crippen LogP contribution in [0.1, 0.15) is 50.0 Å². The fourth-order valence-corrected chi connectivity index (χ4v) is 1.87. The molecule has 0 amide bonds. The van der Waals surface area contributed by atoms with Gasteiger partial charge in [-0.2, -0.15) is 0 Å². The highest BCUT2D eigenvalue weighted by Crippen LogP contribution is 2.24. The number of rotatable bonds is 2. The van der Waals surface area contributed by atoms with Crippen molar-refractivity contribution in [3.8, 4) is 11.8 Å². The van der Waals surface area contributed by atoms with Gasteiger partial charge in [-0.25, -0.2) is 0 Å². The van der Waals surface area contributed by atoms with Gasteiger partial charge in [-0.05, 0) is 51.3 Å². The molecule has 0 saturated heterocycles. The van der Waals surface area contributed by atoms with Crippen molar-refractivity contribution in [2.45, 2.75) is 47.1 Å². The molecule has 1 atom stereocenters. The summed E-state index contributed by atoms with van der Waals surface area (Å²) in [5.74, 6) is 6.23. The van der Waals surface area contributed by atoms with E-state index in [-0.39, 0.29) is 5.41 Å². The fourth-order valence-electron chi connectivity index (χ4n) is 1.87. The first-order chi connectivity index (χ1) is 7.81. The zero-order valence-electron chi connectivity index (χ0n) is 11.5. The van der Waals surface area contributed by atoms with Gasteiger partial charge < -0.3 is 5.11 Å². The van der Waals surface area contributed by atoms with Crippen LogP contribution in [0.2, 0.25) is 0 Å². The molecule has 1 rings (SSSR count). The second-order valence-electron chi connectivity index (χ2n) is 5.58. The third-order valence-corrected chi connectivity index (χ3v) is 2.63. The predicted molar refractivity (Wildman–Crippen MR) is 72.7 cm³/mol. The molecule has 1 nitrogen and oxygen atoms in total. The first-order valence-electron chi connectivity index (χ1n) is 6.05. The van der Waals surface area contributed by atoms with Crippen molar-refractivity contribution in [1.82, 2.24) is 0 Å². The maximum atomic E-state index is 10.2. The summed E-state index contributed by atoms with van der Waals surface area (Å²) in [6.07, 6.45) is 0.0224. The summed E-state index contributed by atoms with van der Waals surface area (Å²) < 4.78 is 0. The van der Waals surface area contributed by atoms with E-state index in [9.17, 15) is 5.11 Å². The lowest BCUT2D eigenvalue weighted by atomic mass is 9.94. The SMILES string of the molecule is Cc1cccc(C)c1C(O)CC#CC(C)(C)C. The maximum absolute atomic E-state index is 10.2. The molecule has 1 unspecified atom stereocenters. The van der Waals surface area contributed by atoms with Gasteiger partial charge in [-0.1, -0.05) is 30.0 Å². The third-order valence-electron chi connectivity index (χ3n) is 2.63. The van der Waals surface area contributed by atoms with Gasteiger partial charge in [0.1, 0.15) is 0 Å². The van der Waals surface area contributed by atoms with Gasteiger partial charge in [-0.15, -0.1) is 0 Å². The van der Waals surface area contributed by atoms with Gasteiger partial charge >= 0.3 is 0 Å². The molecule has 1 N–H and O–H groups in total. The lowest BCUT2D eigenvalue weighted by molar-refractivity contribution is 0.182. The Hall–Kier alpha value is -1.26. The zero-order chi connectivity index (χ0) is 13.1. The molecule has 0 spiro atoms. The lowest BCUT2D eigenvalue weighted by Crippen LogP contribution is -2.03. The van der Waals surface area contributed by atoms with Crippen molar-refractivity contribution in [3.05, 3.63) is 34.9 Å². The minimum Gasteiger partial charge on any atom is -0.387 e. The minimum absolute atomic E-state index is 0.000493. The van der Waals surface area contributed by atoms with Gasteiger partial charge in [0.05, 0.1) is 6.10 Å². The van der Waals surface area contributed by atoms with Crippen LogP contribution in [-0.2, 0) is 0 Å². The Labute approximate surface area is 105 Å². The van der Waals surface area contributed by atoms with Crippen LogP contribution in [0.3, 0.4) is 0 Å². The van der Waals surface area contributed by atoms with Crippen molar-refractivity contribution in [2.75, 3.05) is 0 Å². The number of benzene rings is 1. The summed E-state index contributed by atoms with van der Waals surface area (Å²) in [4.78, 5) is 0. The standard InChI is InChI=1S/C16H22O/c1-12-8-6-9-13(2)15(12)14(17)10-7-11-16(3,4)5/h6,8-9,14,17H,10H2,1-5H3. The topological polar surface area (TPSA) is 20.2 Å². The summed E-state index contributed by atoms with van der Waals surface area (Å²) in [5.41, 5.74) is 3.29. The molecule has 0 aliphatic carbocycles. The van der Waals surface area contributed by atoms with Crippen molar-refractivity contribution in [1.29, 1.82) is 0 Å². The monoisotopic (exact) mass is 230 g/mol. The van der Waals surface area contributed by atoms with Crippen LogP contribution in [0.15, 0.2) is 18.2 Å². The summed E-state index contributed by atoms with van der Waals surface area (Å²) in [5, 5.41) is 10.2. The van der Waals surface area contributed by atoms with Gasteiger partial charge in [0, 0.05) is 11.8 Å². The normalized spacial score (nSPS) is 12.8. The number of aliphatic hydroxyl groups is 1. The molecule has 17 heavy (non-hydrogen) atoms. The van der Waals surface area contributed by atoms with Gasteiger partial charge in [-0.3, -0.25) is 0 Å². The Kier molecular flexibility index (Phi) is 4.37. The number of hydrogen-bond acceptors (Lipinski definition) is 1. The molecule has 0 saturated carbocycles. The second-order valence-corrected chi connectivity index (χ2v) is 5.58. The maximum Gasteiger partial charge on any atom is 0.0904 e. The molecule has 0 aromatic heterocycles. The van der Waals surface area contributed by atoms with Gasteiger partial charge in [0.15, 0.2) is 0 Å². The molecular weight excluding hydrogens is 208 g/mol. The average Bonchev–Trinajstić information content (AvgIpc) is 2.15. The van der Waals surface area contributed by atoms with Crippen molar-refractivity contribution in [2.24, 2.45) is 5.41 Å². The number of aliphatic hydroxyl groups excluding tert-OH is 1. The van der Waals surface area contributed by atoms with E-state index in [2.05, 4.69) is 32.6 Å². The van der Waals surface area contributed by atoms with Crippen LogP contribution >= 0.6 is 0 Å². The Morgan fingerprint density at radius 2 is 1.71 bits per heavy atom. The highest BCUT2D eigenvalue weighted by molar-refractivity contribution is 5.35. The molecule has 1 aromatic carbocycles. The molecular formula is C16H22O. The molecule has 0 fully saturated rings. The lowest BCUT2D eigenvalue weighted by Gasteiger charge is -2.14. The first-order valence-corrected chi connectivity index (χ1v) is 6.05. The van der Waals surface area contributed by atoms with E-state index < -0.39 is 6.10 Å². The Balaban J connectivity index is 2.83. The van der Waals surface area contributed by atoms with Crippen molar-refractivity contribution < 1.29 is 5.11 Å². The second kappa shape index (κ2) is 5.38. The number of hydrogen-bond donors (Lipinski definition) is 1. The highest BCUT2D eigenvalue weighted by atomic mass is 16.3. The van der Waals surface area contributed by atoms with Crippen LogP contribution < -0.4 is 0 Å². The fraction of sp³-hybridized carbons (Fsp3) is 0.500. The van der Waals surface area contributed by atoms with Crippen LogP contribution in [0.4, 0.5) is 0 Å². The van der Waals surface area contributed by atoms with Crippen LogP contribution in [0, 0.1) is 31.1 Å². The van der Waals surface area contributed by atoms with E-state index in [0.29, 0.717) is 6.42 Å². The summed E-state index contributed by atoms with van der Waals surface area (Å²) in [6.45, 7) is 10.3. The molecule has 0 bridgehead atoms. The molecule has 0 aliphatic heterocycles. The predicted octanol–water partition coefficient (Wildman–Crippen LogP) is 3.78. The molecule has 1 heteroatoms. The van der Waals surface area contributed by atoms with Gasteiger partial charge in [0.2, 0.25) is 0 Å². The average molecular weight is 230 g/mol. The van der Waals surface area contributed by atoms with E-state index in [4.69, 9.17) is 0 Å².